The van der Waals surface area contributed by atoms with E-state index in [-0.39, 0.29) is 38.9 Å². The Labute approximate surface area is 228 Å². The van der Waals surface area contributed by atoms with Gasteiger partial charge in [-0.2, -0.15) is 20.8 Å². The molecule has 0 rings (SSSR count). The average molecular weight is 627 g/mol. The minimum Gasteiger partial charge on any atom is -0.461 e. The molecule has 0 N–H and O–H groups in total. The number of nitrogens with zero attached hydrogens (tertiary/aromatic N) is 4. The van der Waals surface area contributed by atoms with Crippen molar-refractivity contribution in [2.45, 2.75) is 50.6 Å². The molecule has 0 aliphatic carbocycles. The van der Waals surface area contributed by atoms with Crippen molar-refractivity contribution < 1.29 is 19.1 Å². The highest BCUT2D eigenvalue weighted by molar-refractivity contribution is 7.67. The number of nitriles is 2. The van der Waals surface area contributed by atoms with E-state index in [1.807, 2.05) is 12.1 Å². The molecule has 0 spiro atoms. The fourth-order valence-electron chi connectivity index (χ4n) is 1.96. The second-order valence-electron chi connectivity index (χ2n) is 7.23. The third kappa shape index (κ3) is 17.6. The van der Waals surface area contributed by atoms with Gasteiger partial charge in [0.2, 0.25) is 0 Å². The molecule has 2 unspecified atom stereocenters. The molecular formula is C18H22Cl6N4O4Si2. The Morgan fingerprint density at radius 1 is 0.794 bits per heavy atom. The number of hydrogen-bond acceptors (Lipinski definition) is 8. The van der Waals surface area contributed by atoms with Crippen LogP contribution in [0, 0.1) is 22.7 Å². The number of esters is 2. The van der Waals surface area contributed by atoms with Crippen molar-refractivity contribution in [1.29, 1.82) is 10.5 Å². The van der Waals surface area contributed by atoms with Crippen LogP contribution in [0.4, 0.5) is 0 Å². The van der Waals surface area contributed by atoms with Crippen molar-refractivity contribution in [1.82, 2.24) is 0 Å². The molecule has 0 heterocycles. The topological polar surface area (TPSA) is 125 Å². The summed E-state index contributed by atoms with van der Waals surface area (Å²) >= 11 is 34.1. The summed E-state index contributed by atoms with van der Waals surface area (Å²) in [6.45, 7) is 2.78. The van der Waals surface area contributed by atoms with E-state index in [0.717, 1.165) is 0 Å². The zero-order valence-electron chi connectivity index (χ0n) is 18.2. The Hall–Kier alpha value is -0.826. The number of ether oxygens (including phenoxy) is 2. The first-order valence-electron chi connectivity index (χ1n) is 9.60. The summed E-state index contributed by atoms with van der Waals surface area (Å²) in [6, 6.07) is -1.96. The molecule has 8 nitrogen and oxygen atoms in total. The second-order valence-corrected chi connectivity index (χ2v) is 24.3. The van der Waals surface area contributed by atoms with Gasteiger partial charge < -0.3 is 9.47 Å². The van der Waals surface area contributed by atoms with E-state index in [2.05, 4.69) is 10.2 Å². The van der Waals surface area contributed by atoms with Crippen LogP contribution in [-0.2, 0) is 19.1 Å². The Kier molecular flexibility index (Phi) is 14.9. The predicted octanol–water partition coefficient (Wildman–Crippen LogP) is 6.15. The van der Waals surface area contributed by atoms with Crippen LogP contribution in [0.1, 0.15) is 39.5 Å². The minimum absolute atomic E-state index is 0.00282. The van der Waals surface area contributed by atoms with E-state index < -0.39 is 35.0 Å². The number of azo groups is 1. The average Bonchev–Trinajstić information content (AvgIpc) is 2.74. The second kappa shape index (κ2) is 15.3. The number of carbonyl (C=O) groups is 2. The quantitative estimate of drug-likeness (QED) is 0.0985. The summed E-state index contributed by atoms with van der Waals surface area (Å²) in [4.78, 5) is 23.7. The first-order chi connectivity index (χ1) is 15.5. The maximum absolute atomic E-state index is 11.9. The predicted molar refractivity (Wildman–Crippen MR) is 138 cm³/mol. The zero-order chi connectivity index (χ0) is 26.5. The lowest BCUT2D eigenvalue weighted by molar-refractivity contribution is -0.143. The smallest absolute Gasteiger partial charge is 0.365 e. The molecule has 0 aromatic carbocycles. The molecule has 16 heteroatoms. The summed E-state index contributed by atoms with van der Waals surface area (Å²) < 4.78 is 9.96. The van der Waals surface area contributed by atoms with Crippen molar-refractivity contribution in [2.75, 3.05) is 13.2 Å². The molecule has 188 valence electrons. The molecule has 0 aromatic heterocycles. The number of hydrogen-bond donors (Lipinski definition) is 0. The van der Waals surface area contributed by atoms with Crippen LogP contribution in [0.5, 0.6) is 0 Å². The molecule has 0 aliphatic rings. The normalized spacial score (nSPS) is 16.1. The maximum Gasteiger partial charge on any atom is 0.365 e. The summed E-state index contributed by atoms with van der Waals surface area (Å²) in [5.74, 6) is -1.16. The Morgan fingerprint density at radius 3 is 1.38 bits per heavy atom. The zero-order valence-corrected chi connectivity index (χ0v) is 24.8. The fourth-order valence-corrected chi connectivity index (χ4v) is 4.29. The Morgan fingerprint density at radius 2 is 1.12 bits per heavy atom. The van der Waals surface area contributed by atoms with Crippen LogP contribution in [0.2, 0.25) is 0 Å². The molecule has 0 fully saturated rings. The van der Waals surface area contributed by atoms with Gasteiger partial charge in [-0.05, 0) is 26.7 Å². The van der Waals surface area contributed by atoms with Gasteiger partial charge in [0.05, 0.1) is 12.1 Å². The molecule has 0 amide bonds. The molecule has 0 saturated carbocycles. The van der Waals surface area contributed by atoms with Gasteiger partial charge in [-0.15, -0.1) is 66.5 Å². The van der Waals surface area contributed by atoms with Gasteiger partial charge in [-0.1, -0.05) is 23.6 Å². The third-order valence-corrected chi connectivity index (χ3v) is 7.39. The van der Waals surface area contributed by atoms with Crippen molar-refractivity contribution in [3.63, 3.8) is 0 Å². The van der Waals surface area contributed by atoms with E-state index in [0.29, 0.717) is 0 Å². The monoisotopic (exact) mass is 624 g/mol. The Bertz CT molecular complexity index is 810. The van der Waals surface area contributed by atoms with E-state index in [4.69, 9.17) is 75.9 Å². The summed E-state index contributed by atoms with van der Waals surface area (Å²) in [5, 5.41) is 26.9. The van der Waals surface area contributed by atoms with Crippen LogP contribution in [0.3, 0.4) is 0 Å². The first kappa shape index (κ1) is 33.2. The number of rotatable bonds is 14. The van der Waals surface area contributed by atoms with Gasteiger partial charge in [0.15, 0.2) is 11.1 Å². The SMILES string of the molecule is CC(C#N)(CCC(=O)OC/C=C/[Si](Cl)(Cl)Cl)/N=N/C(C)(C#N)CCC(=O)OC/C=C/[Si](Cl)(Cl)Cl. The molecule has 0 saturated heterocycles. The standard InChI is InChI=1S/C18H22Cl6N4O4Si2/c1-17(13-25,7-5-15(29)31-9-3-11-33(19,20)21)27-28-18(2,14-26)8-6-16(30)32-10-4-12-34(22,23)24/h3-4,11-12H,5-10H2,1-2H3/b11-3+,12-4+,28-27+. The third-order valence-electron chi connectivity index (χ3n) is 3.90. The highest BCUT2D eigenvalue weighted by Gasteiger charge is 2.30. The maximum atomic E-state index is 11.9. The fraction of sp³-hybridized carbons (Fsp3) is 0.556. The van der Waals surface area contributed by atoms with Crippen molar-refractivity contribution in [2.24, 2.45) is 10.2 Å². The molecule has 0 bridgehead atoms. The van der Waals surface area contributed by atoms with Gasteiger partial charge in [-0.3, -0.25) is 9.59 Å². The lowest BCUT2D eigenvalue weighted by Gasteiger charge is -2.19. The summed E-state index contributed by atoms with van der Waals surface area (Å²) in [7, 11) is 0. The van der Waals surface area contributed by atoms with Gasteiger partial charge in [0.1, 0.15) is 13.2 Å². The van der Waals surface area contributed by atoms with Gasteiger partial charge in [-0.25, -0.2) is 0 Å². The summed E-state index contributed by atoms with van der Waals surface area (Å²) in [5.41, 5.74) is -0.0217. The highest BCUT2D eigenvalue weighted by atomic mass is 35.8. The Balaban J connectivity index is 4.77. The van der Waals surface area contributed by atoms with E-state index in [9.17, 15) is 20.1 Å². The van der Waals surface area contributed by atoms with Crippen molar-refractivity contribution >= 4 is 90.4 Å². The molecule has 0 aromatic rings. The van der Waals surface area contributed by atoms with E-state index in [1.54, 1.807) is 0 Å². The van der Waals surface area contributed by atoms with E-state index >= 15 is 0 Å². The molecule has 2 atom stereocenters. The lowest BCUT2D eigenvalue weighted by Crippen LogP contribution is -2.25. The van der Waals surface area contributed by atoms with Crippen LogP contribution in [-0.4, -0.2) is 48.2 Å². The summed E-state index contributed by atoms with van der Waals surface area (Å²) in [6.07, 6.45) is 2.62. The van der Waals surface area contributed by atoms with Gasteiger partial charge >= 0.3 is 23.9 Å². The number of carbonyl (C=O) groups excluding carboxylic acids is 2. The van der Waals surface area contributed by atoms with Crippen LogP contribution < -0.4 is 0 Å². The minimum atomic E-state index is -2.94. The highest BCUT2D eigenvalue weighted by Crippen LogP contribution is 2.24. The van der Waals surface area contributed by atoms with Crippen molar-refractivity contribution in [3.05, 3.63) is 23.6 Å². The van der Waals surface area contributed by atoms with Crippen molar-refractivity contribution in [3.8, 4) is 12.1 Å². The lowest BCUT2D eigenvalue weighted by atomic mass is 9.97. The first-order valence-corrected chi connectivity index (χ1v) is 19.8. The van der Waals surface area contributed by atoms with Crippen LogP contribution in [0.25, 0.3) is 0 Å². The number of halogens is 6. The van der Waals surface area contributed by atoms with E-state index in [1.165, 1.54) is 37.4 Å². The van der Waals surface area contributed by atoms with Gasteiger partial charge in [0, 0.05) is 12.8 Å². The van der Waals surface area contributed by atoms with Crippen LogP contribution >= 0.6 is 66.5 Å². The molecule has 0 radical (unpaired) electrons. The van der Waals surface area contributed by atoms with Crippen LogP contribution in [0.15, 0.2) is 33.8 Å². The molecule has 0 aliphatic heterocycles. The molecular weight excluding hydrogens is 605 g/mol. The largest absolute Gasteiger partial charge is 0.461 e. The van der Waals surface area contributed by atoms with Gasteiger partial charge in [0.25, 0.3) is 0 Å². The molecule has 34 heavy (non-hydrogen) atoms.